The molecule has 42 heavy (non-hydrogen) atoms. The topological polar surface area (TPSA) is 97.4 Å². The number of fused-ring (bicyclic) bond motifs is 2. The lowest BCUT2D eigenvalue weighted by atomic mass is 9.88. The van der Waals surface area contributed by atoms with Gasteiger partial charge in [-0.25, -0.2) is 14.6 Å². The molecule has 3 aromatic carbocycles. The summed E-state index contributed by atoms with van der Waals surface area (Å²) in [5.74, 6) is 0.725. The molecule has 1 saturated heterocycles. The molecule has 218 valence electrons. The lowest BCUT2D eigenvalue weighted by Crippen LogP contribution is -2.41. The number of likely N-dealkylation sites (tertiary alicyclic amines) is 1. The minimum absolute atomic E-state index is 0.105. The van der Waals surface area contributed by atoms with E-state index in [2.05, 4.69) is 30.6 Å². The van der Waals surface area contributed by atoms with E-state index in [1.807, 2.05) is 63.2 Å². The zero-order valence-electron chi connectivity index (χ0n) is 25.2. The number of hydrogen-bond donors (Lipinski definition) is 0. The first-order valence-corrected chi connectivity index (χ1v) is 14.5. The summed E-state index contributed by atoms with van der Waals surface area (Å²) in [6.07, 6.45) is 1.23. The maximum Gasteiger partial charge on any atom is 0.410 e. The summed E-state index contributed by atoms with van der Waals surface area (Å²) in [7, 11) is 1.39. The van der Waals surface area contributed by atoms with E-state index in [1.54, 1.807) is 4.90 Å². The highest BCUT2D eigenvalue weighted by molar-refractivity contribution is 6.02. The van der Waals surface area contributed by atoms with Gasteiger partial charge in [0.25, 0.3) is 0 Å². The van der Waals surface area contributed by atoms with Crippen molar-refractivity contribution >= 4 is 33.9 Å². The van der Waals surface area contributed by atoms with Crippen molar-refractivity contribution < 1.29 is 19.1 Å². The first-order valence-electron chi connectivity index (χ1n) is 14.5. The summed E-state index contributed by atoms with van der Waals surface area (Å²) < 4.78 is 13.0. The van der Waals surface area contributed by atoms with Crippen LogP contribution in [-0.2, 0) is 16.0 Å². The normalized spacial score (nSPS) is 14.4. The van der Waals surface area contributed by atoms with Crippen molar-refractivity contribution in [2.45, 2.75) is 71.4 Å². The van der Waals surface area contributed by atoms with Gasteiger partial charge < -0.3 is 18.9 Å². The molecule has 2 heterocycles. The predicted octanol–water partition coefficient (Wildman–Crippen LogP) is 7.13. The van der Waals surface area contributed by atoms with E-state index in [-0.39, 0.29) is 17.9 Å². The molecule has 0 spiro atoms. The van der Waals surface area contributed by atoms with Crippen LogP contribution >= 0.6 is 0 Å². The van der Waals surface area contributed by atoms with Crippen LogP contribution in [-0.4, -0.2) is 52.3 Å². The van der Waals surface area contributed by atoms with Crippen LogP contribution in [0.3, 0.4) is 0 Å². The van der Waals surface area contributed by atoms with Crippen molar-refractivity contribution in [1.82, 2.24) is 14.5 Å². The minimum atomic E-state index is -0.541. The lowest BCUT2D eigenvalue weighted by Gasteiger charge is -2.33. The number of ether oxygens (including phenoxy) is 2. The predicted molar refractivity (Wildman–Crippen MR) is 163 cm³/mol. The molecule has 0 unspecified atom stereocenters. The monoisotopic (exact) mass is 566 g/mol. The van der Waals surface area contributed by atoms with Gasteiger partial charge in [0.2, 0.25) is 0 Å². The van der Waals surface area contributed by atoms with Crippen LogP contribution in [0.25, 0.3) is 21.8 Å². The van der Waals surface area contributed by atoms with Crippen molar-refractivity contribution in [3.8, 4) is 6.07 Å². The molecule has 0 radical (unpaired) electrons. The number of methoxy groups -OCH3 is 1. The fourth-order valence-electron chi connectivity index (χ4n) is 5.86. The highest BCUT2D eigenvalue weighted by atomic mass is 16.6. The molecular weight excluding hydrogens is 528 g/mol. The first kappa shape index (κ1) is 29.1. The number of aromatic nitrogens is 2. The van der Waals surface area contributed by atoms with E-state index in [4.69, 9.17) is 14.5 Å². The SMILES string of the molecule is COC(=O)c1cc(C2CCN(C(=O)OC(C)(C)C)CC2)cc2c1nc(C(C)C)n2Cc1ccc(C#N)c2ccccc12. The van der Waals surface area contributed by atoms with Gasteiger partial charge in [0.15, 0.2) is 0 Å². The van der Waals surface area contributed by atoms with E-state index in [9.17, 15) is 14.9 Å². The molecule has 1 aliphatic rings. The smallest absolute Gasteiger partial charge is 0.410 e. The second-order valence-corrected chi connectivity index (χ2v) is 12.3. The van der Waals surface area contributed by atoms with Gasteiger partial charge in [-0.2, -0.15) is 5.26 Å². The lowest BCUT2D eigenvalue weighted by molar-refractivity contribution is 0.0204. The molecule has 0 aliphatic carbocycles. The second-order valence-electron chi connectivity index (χ2n) is 12.3. The molecule has 5 rings (SSSR count). The third-order valence-electron chi connectivity index (χ3n) is 7.91. The second kappa shape index (κ2) is 11.5. The van der Waals surface area contributed by atoms with Gasteiger partial charge in [0.1, 0.15) is 16.9 Å². The maximum absolute atomic E-state index is 13.1. The highest BCUT2D eigenvalue weighted by Gasteiger charge is 2.29. The average Bonchev–Trinajstić information content (AvgIpc) is 3.34. The minimum Gasteiger partial charge on any atom is -0.465 e. The fraction of sp³-hybridized carbons (Fsp3) is 0.412. The number of esters is 1. The number of nitriles is 1. The van der Waals surface area contributed by atoms with Crippen molar-refractivity contribution in [2.24, 2.45) is 0 Å². The molecule has 1 aromatic heterocycles. The molecule has 4 aromatic rings. The number of rotatable bonds is 5. The van der Waals surface area contributed by atoms with Crippen LogP contribution in [0.2, 0.25) is 0 Å². The Kier molecular flexibility index (Phi) is 7.96. The summed E-state index contributed by atoms with van der Waals surface area (Å²) in [6.45, 7) is 11.5. The number of carbonyl (C=O) groups is 2. The third kappa shape index (κ3) is 5.69. The zero-order valence-corrected chi connectivity index (χ0v) is 25.2. The fourth-order valence-corrected chi connectivity index (χ4v) is 5.86. The van der Waals surface area contributed by atoms with Crippen LogP contribution in [0.4, 0.5) is 4.79 Å². The molecule has 1 fully saturated rings. The standard InChI is InChI=1S/C34H38N4O4/c1-21(2)31-36-30-28(32(39)41-6)17-25(22-13-15-37(16-14-22)33(40)42-34(3,4)5)18-29(30)38(31)20-24-12-11-23(19-35)26-9-7-8-10-27(24)26/h7-12,17-18,21-22H,13-16,20H2,1-6H3. The van der Waals surface area contributed by atoms with Crippen LogP contribution in [0.15, 0.2) is 48.5 Å². The number of carbonyl (C=O) groups excluding carboxylic acids is 2. The van der Waals surface area contributed by atoms with Crippen LogP contribution in [0.1, 0.15) is 92.2 Å². The molecule has 0 N–H and O–H groups in total. The summed E-state index contributed by atoms with van der Waals surface area (Å²) in [6, 6.07) is 18.2. The summed E-state index contributed by atoms with van der Waals surface area (Å²) in [5.41, 5.74) is 4.15. The maximum atomic E-state index is 13.1. The van der Waals surface area contributed by atoms with Gasteiger partial charge in [0, 0.05) is 25.6 Å². The van der Waals surface area contributed by atoms with Crippen molar-refractivity contribution in [1.29, 1.82) is 5.26 Å². The molecule has 0 bridgehead atoms. The molecule has 8 nitrogen and oxygen atoms in total. The van der Waals surface area contributed by atoms with E-state index in [0.717, 1.165) is 46.1 Å². The number of hydrogen-bond acceptors (Lipinski definition) is 6. The van der Waals surface area contributed by atoms with Crippen LogP contribution in [0.5, 0.6) is 0 Å². The Morgan fingerprint density at radius 1 is 1.07 bits per heavy atom. The van der Waals surface area contributed by atoms with Gasteiger partial charge in [0.05, 0.1) is 29.8 Å². The molecule has 1 amide bonds. The Bertz CT molecular complexity index is 1700. The molecule has 8 heteroatoms. The Morgan fingerprint density at radius 3 is 2.38 bits per heavy atom. The summed E-state index contributed by atoms with van der Waals surface area (Å²) >= 11 is 0. The molecule has 0 saturated carbocycles. The van der Waals surface area contributed by atoms with E-state index >= 15 is 0 Å². The van der Waals surface area contributed by atoms with Crippen LogP contribution in [0, 0.1) is 11.3 Å². The average molecular weight is 567 g/mol. The Balaban J connectivity index is 1.57. The van der Waals surface area contributed by atoms with Crippen molar-refractivity contribution in [3.63, 3.8) is 0 Å². The van der Waals surface area contributed by atoms with Crippen molar-refractivity contribution in [3.05, 3.63) is 76.6 Å². The Hall–Kier alpha value is -4.38. The van der Waals surface area contributed by atoms with E-state index in [0.29, 0.717) is 36.3 Å². The highest BCUT2D eigenvalue weighted by Crippen LogP contribution is 2.35. The summed E-state index contributed by atoms with van der Waals surface area (Å²) in [4.78, 5) is 32.5. The van der Waals surface area contributed by atoms with Gasteiger partial charge in [-0.05, 0) is 79.6 Å². The number of nitrogens with zero attached hydrogens (tertiary/aromatic N) is 4. The summed E-state index contributed by atoms with van der Waals surface area (Å²) in [5, 5.41) is 11.6. The van der Waals surface area contributed by atoms with Gasteiger partial charge in [-0.3, -0.25) is 0 Å². The first-order chi connectivity index (χ1) is 20.0. The van der Waals surface area contributed by atoms with Gasteiger partial charge in [-0.1, -0.05) is 44.2 Å². The molecular formula is C34H38N4O4. The van der Waals surface area contributed by atoms with E-state index < -0.39 is 11.6 Å². The number of piperidine rings is 1. The van der Waals surface area contributed by atoms with E-state index in [1.165, 1.54) is 7.11 Å². The van der Waals surface area contributed by atoms with Crippen LogP contribution < -0.4 is 0 Å². The molecule has 0 atom stereocenters. The van der Waals surface area contributed by atoms with Gasteiger partial charge >= 0.3 is 12.1 Å². The number of amides is 1. The zero-order chi connectivity index (χ0) is 30.2. The largest absolute Gasteiger partial charge is 0.465 e. The quantitative estimate of drug-likeness (QED) is 0.238. The number of imidazole rings is 1. The number of benzene rings is 3. The van der Waals surface area contributed by atoms with Crippen molar-refractivity contribution in [2.75, 3.05) is 20.2 Å². The molecule has 1 aliphatic heterocycles. The third-order valence-corrected chi connectivity index (χ3v) is 7.91. The van der Waals surface area contributed by atoms with Gasteiger partial charge in [-0.15, -0.1) is 0 Å². The Morgan fingerprint density at radius 2 is 1.76 bits per heavy atom. The Labute approximate surface area is 246 Å².